The topological polar surface area (TPSA) is 34.2 Å². The van der Waals surface area contributed by atoms with Crippen LogP contribution in [0.15, 0.2) is 36.7 Å². The lowest BCUT2D eigenvalue weighted by Gasteiger charge is -2.13. The predicted octanol–water partition coefficient (Wildman–Crippen LogP) is 4.93. The van der Waals surface area contributed by atoms with Gasteiger partial charge in [-0.05, 0) is 30.7 Å². The fraction of sp³-hybridized carbons (Fsp3) is 0.312. The van der Waals surface area contributed by atoms with Crippen molar-refractivity contribution in [1.29, 1.82) is 0 Å². The lowest BCUT2D eigenvalue weighted by Crippen LogP contribution is -2.19. The molecule has 0 saturated carbocycles. The third-order valence-electron chi connectivity index (χ3n) is 2.87. The minimum Gasteiger partial charge on any atom is -0.454 e. The minimum absolute atomic E-state index is 0.407. The lowest BCUT2D eigenvalue weighted by atomic mass is 10.2. The van der Waals surface area contributed by atoms with Crippen molar-refractivity contribution < 1.29 is 4.74 Å². The number of rotatable bonds is 6. The van der Waals surface area contributed by atoms with E-state index in [0.717, 1.165) is 12.1 Å². The zero-order valence-electron chi connectivity index (χ0n) is 12.1. The van der Waals surface area contributed by atoms with Crippen molar-refractivity contribution in [2.24, 2.45) is 5.92 Å². The van der Waals surface area contributed by atoms with Crippen LogP contribution in [0.2, 0.25) is 10.0 Å². The zero-order chi connectivity index (χ0) is 15.2. The van der Waals surface area contributed by atoms with Crippen LogP contribution in [0.3, 0.4) is 0 Å². The standard InChI is InChI=1S/C16H18Cl2N2O/c1-11(2)8-20-9-12-6-7-19-10-15(12)21-14-5-3-4-13(17)16(14)18/h3-7,10-11,20H,8-9H2,1-2H3. The minimum atomic E-state index is 0.407. The summed E-state index contributed by atoms with van der Waals surface area (Å²) in [6.45, 7) is 6.00. The highest BCUT2D eigenvalue weighted by molar-refractivity contribution is 6.42. The summed E-state index contributed by atoms with van der Waals surface area (Å²) in [4.78, 5) is 4.11. The van der Waals surface area contributed by atoms with Gasteiger partial charge in [0.05, 0.1) is 11.2 Å². The van der Waals surface area contributed by atoms with Gasteiger partial charge in [0.25, 0.3) is 0 Å². The molecule has 0 spiro atoms. The first kappa shape index (κ1) is 16.1. The average Bonchev–Trinajstić information content (AvgIpc) is 2.45. The van der Waals surface area contributed by atoms with Gasteiger partial charge in [-0.2, -0.15) is 0 Å². The summed E-state index contributed by atoms with van der Waals surface area (Å²) in [6, 6.07) is 7.25. The molecule has 2 rings (SSSR count). The van der Waals surface area contributed by atoms with Gasteiger partial charge in [0.15, 0.2) is 0 Å². The van der Waals surface area contributed by atoms with E-state index in [1.54, 1.807) is 30.6 Å². The SMILES string of the molecule is CC(C)CNCc1ccncc1Oc1cccc(Cl)c1Cl. The van der Waals surface area contributed by atoms with Gasteiger partial charge in [0, 0.05) is 18.3 Å². The largest absolute Gasteiger partial charge is 0.454 e. The number of ether oxygens (including phenoxy) is 1. The second kappa shape index (κ2) is 7.64. The molecule has 1 aromatic heterocycles. The van der Waals surface area contributed by atoms with Crippen LogP contribution in [0, 0.1) is 5.92 Å². The van der Waals surface area contributed by atoms with E-state index >= 15 is 0 Å². The van der Waals surface area contributed by atoms with Crippen molar-refractivity contribution in [2.75, 3.05) is 6.54 Å². The van der Waals surface area contributed by atoms with Gasteiger partial charge in [-0.25, -0.2) is 0 Å². The van der Waals surface area contributed by atoms with Crippen LogP contribution in [0.1, 0.15) is 19.4 Å². The van der Waals surface area contributed by atoms with Gasteiger partial charge in [0.2, 0.25) is 0 Å². The Balaban J connectivity index is 2.14. The molecule has 0 radical (unpaired) electrons. The fourth-order valence-corrected chi connectivity index (χ4v) is 2.15. The number of halogens is 2. The fourth-order valence-electron chi connectivity index (χ4n) is 1.82. The van der Waals surface area contributed by atoms with E-state index in [1.165, 1.54) is 0 Å². The Morgan fingerprint density at radius 2 is 2.00 bits per heavy atom. The zero-order valence-corrected chi connectivity index (χ0v) is 13.6. The molecular formula is C16H18Cl2N2O. The Kier molecular flexibility index (Phi) is 5.85. The molecule has 21 heavy (non-hydrogen) atoms. The summed E-state index contributed by atoms with van der Waals surface area (Å²) in [7, 11) is 0. The number of nitrogens with one attached hydrogen (secondary N) is 1. The van der Waals surface area contributed by atoms with Gasteiger partial charge < -0.3 is 10.1 Å². The Bertz CT molecular complexity index is 603. The molecule has 0 fully saturated rings. The monoisotopic (exact) mass is 324 g/mol. The maximum atomic E-state index is 6.15. The number of nitrogens with zero attached hydrogens (tertiary/aromatic N) is 1. The Morgan fingerprint density at radius 3 is 2.76 bits per heavy atom. The molecule has 0 bridgehead atoms. The van der Waals surface area contributed by atoms with E-state index in [1.807, 2.05) is 6.07 Å². The molecule has 0 atom stereocenters. The first-order valence-electron chi connectivity index (χ1n) is 6.83. The number of pyridine rings is 1. The van der Waals surface area contributed by atoms with Gasteiger partial charge in [-0.15, -0.1) is 0 Å². The first-order chi connectivity index (χ1) is 10.1. The second-order valence-electron chi connectivity index (χ2n) is 5.16. The van der Waals surface area contributed by atoms with Crippen LogP contribution in [0.4, 0.5) is 0 Å². The highest BCUT2D eigenvalue weighted by atomic mass is 35.5. The number of benzene rings is 1. The first-order valence-corrected chi connectivity index (χ1v) is 7.59. The Hall–Kier alpha value is -1.29. The van der Waals surface area contributed by atoms with Crippen LogP contribution >= 0.6 is 23.2 Å². The lowest BCUT2D eigenvalue weighted by molar-refractivity contribution is 0.467. The quantitative estimate of drug-likeness (QED) is 0.818. The smallest absolute Gasteiger partial charge is 0.150 e. The molecule has 3 nitrogen and oxygen atoms in total. The van der Waals surface area contributed by atoms with Crippen molar-refractivity contribution in [3.63, 3.8) is 0 Å². The summed E-state index contributed by atoms with van der Waals surface area (Å²) >= 11 is 12.1. The van der Waals surface area contributed by atoms with Gasteiger partial charge in [-0.1, -0.05) is 43.1 Å². The van der Waals surface area contributed by atoms with Gasteiger partial charge >= 0.3 is 0 Å². The van der Waals surface area contributed by atoms with Gasteiger partial charge in [-0.3, -0.25) is 4.98 Å². The number of hydrogen-bond acceptors (Lipinski definition) is 3. The van der Waals surface area contributed by atoms with E-state index in [2.05, 4.69) is 24.1 Å². The molecule has 2 aromatic rings. The van der Waals surface area contributed by atoms with E-state index in [4.69, 9.17) is 27.9 Å². The maximum absolute atomic E-state index is 6.15. The van der Waals surface area contributed by atoms with Crippen LogP contribution in [-0.4, -0.2) is 11.5 Å². The van der Waals surface area contributed by atoms with E-state index in [0.29, 0.717) is 34.0 Å². The average molecular weight is 325 g/mol. The molecule has 0 aliphatic carbocycles. The van der Waals surface area contributed by atoms with Crippen molar-refractivity contribution >= 4 is 23.2 Å². The third kappa shape index (κ3) is 4.60. The van der Waals surface area contributed by atoms with Crippen molar-refractivity contribution in [1.82, 2.24) is 10.3 Å². The van der Waals surface area contributed by atoms with Crippen LogP contribution < -0.4 is 10.1 Å². The second-order valence-corrected chi connectivity index (χ2v) is 5.95. The van der Waals surface area contributed by atoms with Crippen molar-refractivity contribution in [2.45, 2.75) is 20.4 Å². The van der Waals surface area contributed by atoms with E-state index in [9.17, 15) is 0 Å². The summed E-state index contributed by atoms with van der Waals surface area (Å²) in [5.74, 6) is 1.80. The van der Waals surface area contributed by atoms with Crippen molar-refractivity contribution in [3.8, 4) is 11.5 Å². The molecule has 0 aliphatic heterocycles. The highest BCUT2D eigenvalue weighted by Crippen LogP contribution is 2.35. The Labute approximate surface area is 135 Å². The molecule has 0 saturated heterocycles. The molecule has 1 N–H and O–H groups in total. The molecule has 1 heterocycles. The van der Waals surface area contributed by atoms with Crippen LogP contribution in [0.5, 0.6) is 11.5 Å². The number of hydrogen-bond donors (Lipinski definition) is 1. The summed E-state index contributed by atoms with van der Waals surface area (Å²) in [5.41, 5.74) is 1.03. The van der Waals surface area contributed by atoms with E-state index in [-0.39, 0.29) is 0 Å². The Morgan fingerprint density at radius 1 is 1.19 bits per heavy atom. The summed E-state index contributed by atoms with van der Waals surface area (Å²) in [6.07, 6.45) is 3.43. The van der Waals surface area contributed by atoms with Crippen molar-refractivity contribution in [3.05, 3.63) is 52.3 Å². The van der Waals surface area contributed by atoms with Crippen LogP contribution in [-0.2, 0) is 6.54 Å². The normalized spacial score (nSPS) is 10.9. The van der Waals surface area contributed by atoms with Gasteiger partial charge in [0.1, 0.15) is 16.5 Å². The summed E-state index contributed by atoms with van der Waals surface area (Å²) < 4.78 is 5.86. The molecule has 0 aliphatic rings. The molecule has 112 valence electrons. The predicted molar refractivity (Wildman–Crippen MR) is 87.3 cm³/mol. The maximum Gasteiger partial charge on any atom is 0.150 e. The highest BCUT2D eigenvalue weighted by Gasteiger charge is 2.10. The molecular weight excluding hydrogens is 307 g/mol. The van der Waals surface area contributed by atoms with E-state index < -0.39 is 0 Å². The number of aromatic nitrogens is 1. The summed E-state index contributed by atoms with van der Waals surface area (Å²) in [5, 5.41) is 4.26. The molecule has 0 unspecified atom stereocenters. The third-order valence-corrected chi connectivity index (χ3v) is 3.68. The molecule has 5 heteroatoms. The van der Waals surface area contributed by atoms with Crippen LogP contribution in [0.25, 0.3) is 0 Å². The molecule has 0 amide bonds. The molecule has 1 aromatic carbocycles.